The molecule has 22 heavy (non-hydrogen) atoms. The summed E-state index contributed by atoms with van der Waals surface area (Å²) in [5, 5.41) is 14.5. The maximum Gasteiger partial charge on any atom is 0.118 e. The summed E-state index contributed by atoms with van der Waals surface area (Å²) in [7, 11) is 3.60. The fraction of sp³-hybridized carbons (Fsp3) is 0.471. The van der Waals surface area contributed by atoms with Crippen molar-refractivity contribution in [1.29, 1.82) is 0 Å². The molecule has 5 heteroatoms. The van der Waals surface area contributed by atoms with Gasteiger partial charge in [0.05, 0.1) is 19.4 Å². The first-order chi connectivity index (χ1) is 10.7. The number of likely N-dealkylation sites (tertiary alicyclic amines) is 1. The van der Waals surface area contributed by atoms with E-state index in [-0.39, 0.29) is 12.1 Å². The van der Waals surface area contributed by atoms with Crippen molar-refractivity contribution in [2.24, 2.45) is 7.05 Å². The lowest BCUT2D eigenvalue weighted by molar-refractivity contribution is 0.112. The first-order valence-electron chi connectivity index (χ1n) is 7.68. The van der Waals surface area contributed by atoms with E-state index in [0.717, 1.165) is 31.7 Å². The van der Waals surface area contributed by atoms with Crippen molar-refractivity contribution >= 4 is 0 Å². The smallest absolute Gasteiger partial charge is 0.118 e. The van der Waals surface area contributed by atoms with Gasteiger partial charge in [0, 0.05) is 32.4 Å². The third-order valence-electron chi connectivity index (χ3n) is 4.37. The number of ether oxygens (including phenoxy) is 1. The number of nitrogens with zero attached hydrogens (tertiary/aromatic N) is 3. The molecule has 0 spiro atoms. The summed E-state index contributed by atoms with van der Waals surface area (Å²) in [6, 6.07) is 8.30. The third-order valence-corrected chi connectivity index (χ3v) is 4.37. The van der Waals surface area contributed by atoms with Gasteiger partial charge in [0.15, 0.2) is 0 Å². The summed E-state index contributed by atoms with van der Waals surface area (Å²) in [5.74, 6) is 0.872. The molecule has 0 saturated carbocycles. The van der Waals surface area contributed by atoms with Crippen molar-refractivity contribution in [3.05, 3.63) is 47.8 Å². The van der Waals surface area contributed by atoms with Crippen LogP contribution in [0.4, 0.5) is 0 Å². The fourth-order valence-corrected chi connectivity index (χ4v) is 3.15. The van der Waals surface area contributed by atoms with Crippen molar-refractivity contribution < 1.29 is 9.84 Å². The summed E-state index contributed by atoms with van der Waals surface area (Å²) in [6.45, 7) is 1.78. The van der Waals surface area contributed by atoms with Gasteiger partial charge < -0.3 is 9.84 Å². The van der Waals surface area contributed by atoms with Crippen molar-refractivity contribution in [1.82, 2.24) is 14.7 Å². The van der Waals surface area contributed by atoms with Gasteiger partial charge in [-0.15, -0.1) is 0 Å². The average molecular weight is 301 g/mol. The second-order valence-corrected chi connectivity index (χ2v) is 5.97. The first-order valence-corrected chi connectivity index (χ1v) is 7.68. The van der Waals surface area contributed by atoms with E-state index >= 15 is 0 Å². The van der Waals surface area contributed by atoms with Crippen LogP contribution in [-0.4, -0.2) is 45.6 Å². The molecular weight excluding hydrogens is 278 g/mol. The molecule has 5 nitrogen and oxygen atoms in total. The molecular formula is C17H23N3O2. The molecule has 1 saturated heterocycles. The topological polar surface area (TPSA) is 50.5 Å². The Bertz CT molecular complexity index is 609. The minimum absolute atomic E-state index is 0.159. The highest BCUT2D eigenvalue weighted by atomic mass is 16.5. The number of aliphatic hydroxyl groups is 1. The lowest BCUT2D eigenvalue weighted by Crippen LogP contribution is -2.36. The number of hydrogen-bond acceptors (Lipinski definition) is 4. The molecule has 1 aliphatic rings. The highest BCUT2D eigenvalue weighted by molar-refractivity contribution is 5.27. The molecule has 0 unspecified atom stereocenters. The van der Waals surface area contributed by atoms with E-state index in [9.17, 15) is 5.11 Å². The molecule has 1 aromatic heterocycles. The lowest BCUT2D eigenvalue weighted by Gasteiger charge is -2.26. The Morgan fingerprint density at radius 3 is 2.68 bits per heavy atom. The average Bonchev–Trinajstić information content (AvgIpc) is 3.08. The summed E-state index contributed by atoms with van der Waals surface area (Å²) in [4.78, 5) is 2.36. The maximum atomic E-state index is 10.3. The molecule has 0 radical (unpaired) electrons. The molecule has 0 amide bonds. The molecule has 3 rings (SSSR count). The summed E-state index contributed by atoms with van der Waals surface area (Å²) >= 11 is 0. The molecule has 1 aliphatic heterocycles. The molecule has 1 aromatic carbocycles. The van der Waals surface area contributed by atoms with Crippen LogP contribution in [0.15, 0.2) is 36.7 Å². The zero-order valence-electron chi connectivity index (χ0n) is 13.1. The minimum Gasteiger partial charge on any atom is -0.497 e. The van der Waals surface area contributed by atoms with Crippen LogP contribution in [0.1, 0.15) is 17.5 Å². The summed E-state index contributed by atoms with van der Waals surface area (Å²) in [6.07, 6.45) is 5.32. The predicted molar refractivity (Wildman–Crippen MR) is 84.7 cm³/mol. The first kappa shape index (κ1) is 15.1. The van der Waals surface area contributed by atoms with Crippen molar-refractivity contribution in [3.8, 4) is 5.75 Å². The highest BCUT2D eigenvalue weighted by Crippen LogP contribution is 2.24. The Hall–Kier alpha value is -1.85. The van der Waals surface area contributed by atoms with Gasteiger partial charge in [-0.3, -0.25) is 9.58 Å². The zero-order valence-corrected chi connectivity index (χ0v) is 13.1. The second-order valence-electron chi connectivity index (χ2n) is 5.97. The largest absolute Gasteiger partial charge is 0.497 e. The van der Waals surface area contributed by atoms with Gasteiger partial charge in [0.1, 0.15) is 5.75 Å². The molecule has 0 aliphatic carbocycles. The number of aliphatic hydroxyl groups excluding tert-OH is 1. The Morgan fingerprint density at radius 1 is 1.27 bits per heavy atom. The van der Waals surface area contributed by atoms with Crippen LogP contribution in [0, 0.1) is 0 Å². The zero-order chi connectivity index (χ0) is 15.5. The van der Waals surface area contributed by atoms with Crippen molar-refractivity contribution in [2.75, 3.05) is 13.7 Å². The van der Waals surface area contributed by atoms with Crippen LogP contribution in [0.25, 0.3) is 0 Å². The van der Waals surface area contributed by atoms with Gasteiger partial charge in [-0.2, -0.15) is 5.10 Å². The molecule has 1 N–H and O–H groups in total. The SMILES string of the molecule is COc1ccc(CN2CC[C@H](O)[C@H]2Cc2cnn(C)c2)cc1. The van der Waals surface area contributed by atoms with E-state index in [1.807, 2.05) is 36.3 Å². The molecule has 118 valence electrons. The summed E-state index contributed by atoms with van der Waals surface area (Å²) < 4.78 is 7.01. The van der Waals surface area contributed by atoms with E-state index < -0.39 is 0 Å². The molecule has 1 fully saturated rings. The van der Waals surface area contributed by atoms with Crippen LogP contribution >= 0.6 is 0 Å². The van der Waals surface area contributed by atoms with Crippen LogP contribution in [0.3, 0.4) is 0 Å². The highest BCUT2D eigenvalue weighted by Gasteiger charge is 2.32. The number of rotatable bonds is 5. The molecule has 2 aromatic rings. The molecule has 2 heterocycles. The van der Waals surface area contributed by atoms with Crippen LogP contribution in [0.5, 0.6) is 5.75 Å². The van der Waals surface area contributed by atoms with E-state index in [4.69, 9.17) is 4.74 Å². The fourth-order valence-electron chi connectivity index (χ4n) is 3.15. The molecule has 0 bridgehead atoms. The van der Waals surface area contributed by atoms with Gasteiger partial charge in [0.2, 0.25) is 0 Å². The molecule has 2 atom stereocenters. The van der Waals surface area contributed by atoms with Crippen LogP contribution < -0.4 is 4.74 Å². The monoisotopic (exact) mass is 301 g/mol. The van der Waals surface area contributed by atoms with Gasteiger partial charge in [0.25, 0.3) is 0 Å². The van der Waals surface area contributed by atoms with Gasteiger partial charge in [-0.1, -0.05) is 12.1 Å². The summed E-state index contributed by atoms with van der Waals surface area (Å²) in [5.41, 5.74) is 2.42. The van der Waals surface area contributed by atoms with E-state index in [2.05, 4.69) is 22.1 Å². The second kappa shape index (κ2) is 6.50. The van der Waals surface area contributed by atoms with E-state index in [1.54, 1.807) is 7.11 Å². The van der Waals surface area contributed by atoms with Crippen LogP contribution in [0.2, 0.25) is 0 Å². The Kier molecular flexibility index (Phi) is 4.45. The standard InChI is InChI=1S/C17H23N3O2/c1-19-11-14(10-18-19)9-16-17(21)7-8-20(16)12-13-3-5-15(22-2)6-4-13/h3-6,10-11,16-17,21H,7-9,12H2,1-2H3/t16-,17+/m1/s1. The van der Waals surface area contributed by atoms with Gasteiger partial charge >= 0.3 is 0 Å². The number of hydrogen-bond donors (Lipinski definition) is 1. The van der Waals surface area contributed by atoms with E-state index in [0.29, 0.717) is 0 Å². The van der Waals surface area contributed by atoms with E-state index in [1.165, 1.54) is 11.1 Å². The van der Waals surface area contributed by atoms with Crippen LogP contribution in [-0.2, 0) is 20.0 Å². The minimum atomic E-state index is -0.265. The Balaban J connectivity index is 1.68. The van der Waals surface area contributed by atoms with Gasteiger partial charge in [-0.25, -0.2) is 0 Å². The number of methoxy groups -OCH3 is 1. The predicted octanol–water partition coefficient (Wildman–Crippen LogP) is 1.61. The normalized spacial score (nSPS) is 22.1. The van der Waals surface area contributed by atoms with Crippen molar-refractivity contribution in [3.63, 3.8) is 0 Å². The quantitative estimate of drug-likeness (QED) is 0.911. The maximum absolute atomic E-state index is 10.3. The Morgan fingerprint density at radius 2 is 2.05 bits per heavy atom. The Labute approximate surface area is 131 Å². The lowest BCUT2D eigenvalue weighted by atomic mass is 10.0. The number of aromatic nitrogens is 2. The van der Waals surface area contributed by atoms with Gasteiger partial charge in [-0.05, 0) is 36.1 Å². The number of benzene rings is 1. The number of aryl methyl sites for hydroxylation is 1. The third kappa shape index (κ3) is 3.31. The van der Waals surface area contributed by atoms with Crippen molar-refractivity contribution in [2.45, 2.75) is 31.5 Å².